The fourth-order valence-electron chi connectivity index (χ4n) is 2.64. The number of nitrogens with zero attached hydrogens (tertiary/aromatic N) is 4. The molecular formula is C15H21N5O3. The van der Waals surface area contributed by atoms with Gasteiger partial charge in [-0.25, -0.2) is 0 Å². The minimum atomic E-state index is -0.268. The number of ether oxygens (including phenoxy) is 1. The lowest BCUT2D eigenvalue weighted by Gasteiger charge is -2.35. The summed E-state index contributed by atoms with van der Waals surface area (Å²) in [6.45, 7) is 6.37. The van der Waals surface area contributed by atoms with Gasteiger partial charge >= 0.3 is 0 Å². The Morgan fingerprint density at radius 1 is 1.57 bits per heavy atom. The van der Waals surface area contributed by atoms with Crippen LogP contribution in [0.4, 0.5) is 5.82 Å². The van der Waals surface area contributed by atoms with Gasteiger partial charge in [-0.05, 0) is 19.9 Å². The van der Waals surface area contributed by atoms with Gasteiger partial charge in [0.2, 0.25) is 5.91 Å². The molecule has 8 nitrogen and oxygen atoms in total. The number of hydrogen-bond donors (Lipinski definition) is 1. The van der Waals surface area contributed by atoms with Crippen molar-refractivity contribution in [2.75, 3.05) is 25.0 Å². The van der Waals surface area contributed by atoms with Gasteiger partial charge in [0.25, 0.3) is 0 Å². The molecule has 0 bridgehead atoms. The van der Waals surface area contributed by atoms with Crippen LogP contribution in [0.3, 0.4) is 0 Å². The number of morpholine rings is 1. The van der Waals surface area contributed by atoms with E-state index < -0.39 is 0 Å². The van der Waals surface area contributed by atoms with Gasteiger partial charge in [0.15, 0.2) is 5.82 Å². The molecule has 0 aromatic carbocycles. The van der Waals surface area contributed by atoms with Crippen molar-refractivity contribution in [1.29, 1.82) is 0 Å². The third kappa shape index (κ3) is 3.96. The van der Waals surface area contributed by atoms with Crippen LogP contribution in [0.1, 0.15) is 12.7 Å². The molecule has 1 N–H and O–H groups in total. The second-order valence-corrected chi connectivity index (χ2v) is 5.70. The molecule has 2 aromatic rings. The zero-order valence-corrected chi connectivity index (χ0v) is 13.3. The molecule has 3 rings (SSSR count). The second kappa shape index (κ2) is 6.93. The first-order valence-electron chi connectivity index (χ1n) is 7.69. The molecule has 2 atom stereocenters. The third-order valence-corrected chi connectivity index (χ3v) is 3.93. The van der Waals surface area contributed by atoms with Crippen LogP contribution in [0, 0.1) is 6.92 Å². The maximum atomic E-state index is 12.4. The van der Waals surface area contributed by atoms with E-state index in [1.807, 2.05) is 23.9 Å². The fourth-order valence-corrected chi connectivity index (χ4v) is 2.64. The molecule has 0 radical (unpaired) electrons. The summed E-state index contributed by atoms with van der Waals surface area (Å²) in [7, 11) is 0. The normalized spacial score (nSPS) is 20.3. The van der Waals surface area contributed by atoms with Gasteiger partial charge in [0.05, 0.1) is 25.3 Å². The highest BCUT2D eigenvalue weighted by Crippen LogP contribution is 2.13. The molecular weight excluding hydrogens is 298 g/mol. The zero-order chi connectivity index (χ0) is 16.2. The number of aromatic nitrogens is 3. The zero-order valence-electron chi connectivity index (χ0n) is 13.3. The Morgan fingerprint density at radius 2 is 2.43 bits per heavy atom. The minimum Gasteiger partial charge on any atom is -0.374 e. The van der Waals surface area contributed by atoms with Crippen molar-refractivity contribution >= 4 is 11.7 Å². The molecule has 1 fully saturated rings. The first-order valence-corrected chi connectivity index (χ1v) is 7.69. The van der Waals surface area contributed by atoms with Crippen molar-refractivity contribution < 1.29 is 14.1 Å². The standard InChI is InChI=1S/C15H21N5O3/c1-11-8-14(18-23-11)17-15(21)12(2)19-6-7-22-13(9-19)10-20-5-3-4-16-20/h3-5,8,12-13H,6-7,9-10H2,1-2H3,(H,17,18,21)/t12-,13-/m1/s1. The monoisotopic (exact) mass is 319 g/mol. The summed E-state index contributed by atoms with van der Waals surface area (Å²) >= 11 is 0. The molecule has 0 saturated carbocycles. The van der Waals surface area contributed by atoms with E-state index in [-0.39, 0.29) is 18.1 Å². The van der Waals surface area contributed by atoms with E-state index in [1.165, 1.54) is 0 Å². The quantitative estimate of drug-likeness (QED) is 0.881. The number of rotatable bonds is 5. The number of carbonyl (C=O) groups excluding carboxylic acids is 1. The Hall–Kier alpha value is -2.19. The predicted molar refractivity (Wildman–Crippen MR) is 82.9 cm³/mol. The molecule has 1 aliphatic heterocycles. The van der Waals surface area contributed by atoms with E-state index in [0.29, 0.717) is 31.3 Å². The molecule has 1 amide bonds. The Balaban J connectivity index is 1.55. The molecule has 23 heavy (non-hydrogen) atoms. The molecule has 0 spiro atoms. The van der Waals surface area contributed by atoms with Crippen molar-refractivity contribution in [3.05, 3.63) is 30.3 Å². The Kier molecular flexibility index (Phi) is 4.73. The Morgan fingerprint density at radius 3 is 3.13 bits per heavy atom. The second-order valence-electron chi connectivity index (χ2n) is 5.70. The highest BCUT2D eigenvalue weighted by Gasteiger charge is 2.28. The van der Waals surface area contributed by atoms with E-state index >= 15 is 0 Å². The lowest BCUT2D eigenvalue weighted by molar-refractivity contribution is -0.124. The molecule has 1 saturated heterocycles. The SMILES string of the molecule is Cc1cc(NC(=O)[C@@H](C)N2CCO[C@@H](Cn3cccn3)C2)no1. The van der Waals surface area contributed by atoms with Crippen molar-refractivity contribution in [1.82, 2.24) is 19.8 Å². The van der Waals surface area contributed by atoms with E-state index in [4.69, 9.17) is 9.26 Å². The van der Waals surface area contributed by atoms with Gasteiger partial charge in [0, 0.05) is 31.5 Å². The van der Waals surface area contributed by atoms with Gasteiger partial charge < -0.3 is 14.6 Å². The lowest BCUT2D eigenvalue weighted by atomic mass is 10.2. The predicted octanol–water partition coefficient (Wildman–Crippen LogP) is 0.908. The Bertz CT molecular complexity index is 639. The Labute approximate surface area is 134 Å². The largest absolute Gasteiger partial charge is 0.374 e. The number of hydrogen-bond acceptors (Lipinski definition) is 6. The smallest absolute Gasteiger partial charge is 0.242 e. The maximum absolute atomic E-state index is 12.4. The van der Waals surface area contributed by atoms with Crippen molar-refractivity contribution in [2.24, 2.45) is 0 Å². The van der Waals surface area contributed by atoms with E-state index in [1.54, 1.807) is 19.2 Å². The molecule has 0 aliphatic carbocycles. The van der Waals surface area contributed by atoms with Gasteiger partial charge in [-0.1, -0.05) is 5.16 Å². The molecule has 1 aliphatic rings. The molecule has 0 unspecified atom stereocenters. The summed E-state index contributed by atoms with van der Waals surface area (Å²) in [6.07, 6.45) is 3.68. The van der Waals surface area contributed by atoms with Crippen molar-refractivity contribution in [3.8, 4) is 0 Å². The minimum absolute atomic E-state index is 0.0215. The average Bonchev–Trinajstić information content (AvgIpc) is 3.18. The van der Waals surface area contributed by atoms with Crippen LogP contribution < -0.4 is 5.32 Å². The van der Waals surface area contributed by atoms with Crippen LogP contribution in [0.5, 0.6) is 0 Å². The van der Waals surface area contributed by atoms with Crippen LogP contribution in [0.2, 0.25) is 0 Å². The lowest BCUT2D eigenvalue weighted by Crippen LogP contribution is -2.51. The number of aryl methyl sites for hydroxylation is 1. The number of carbonyl (C=O) groups is 1. The van der Waals surface area contributed by atoms with E-state index in [0.717, 1.165) is 6.54 Å². The molecule has 124 valence electrons. The summed E-state index contributed by atoms with van der Waals surface area (Å²) in [5, 5.41) is 10.8. The van der Waals surface area contributed by atoms with Crippen LogP contribution in [-0.2, 0) is 16.1 Å². The van der Waals surface area contributed by atoms with Crippen molar-refractivity contribution in [2.45, 2.75) is 32.5 Å². The van der Waals surface area contributed by atoms with Crippen LogP contribution in [0.25, 0.3) is 0 Å². The molecule has 8 heteroatoms. The first-order chi connectivity index (χ1) is 11.1. The molecule has 2 aromatic heterocycles. The van der Waals surface area contributed by atoms with Gasteiger partial charge in [-0.15, -0.1) is 0 Å². The summed E-state index contributed by atoms with van der Waals surface area (Å²) in [6, 6.07) is 3.32. The first kappa shape index (κ1) is 15.7. The highest BCUT2D eigenvalue weighted by atomic mass is 16.5. The number of anilines is 1. The fraction of sp³-hybridized carbons (Fsp3) is 0.533. The van der Waals surface area contributed by atoms with E-state index in [9.17, 15) is 4.79 Å². The number of nitrogens with one attached hydrogen (secondary N) is 1. The van der Waals surface area contributed by atoms with E-state index in [2.05, 4.69) is 20.5 Å². The maximum Gasteiger partial charge on any atom is 0.242 e. The van der Waals surface area contributed by atoms with Crippen molar-refractivity contribution in [3.63, 3.8) is 0 Å². The summed E-state index contributed by atoms with van der Waals surface area (Å²) in [4.78, 5) is 14.5. The average molecular weight is 319 g/mol. The van der Waals surface area contributed by atoms with Gasteiger partial charge in [0.1, 0.15) is 5.76 Å². The van der Waals surface area contributed by atoms with Crippen LogP contribution in [-0.4, -0.2) is 57.6 Å². The summed E-state index contributed by atoms with van der Waals surface area (Å²) < 4.78 is 12.6. The highest BCUT2D eigenvalue weighted by molar-refractivity contribution is 5.93. The molecule has 3 heterocycles. The van der Waals surface area contributed by atoms with Gasteiger partial charge in [-0.3, -0.25) is 14.4 Å². The van der Waals surface area contributed by atoms with Gasteiger partial charge in [-0.2, -0.15) is 5.10 Å². The third-order valence-electron chi connectivity index (χ3n) is 3.93. The van der Waals surface area contributed by atoms with Crippen LogP contribution >= 0.6 is 0 Å². The summed E-state index contributed by atoms with van der Waals surface area (Å²) in [5.41, 5.74) is 0. The number of amides is 1. The van der Waals surface area contributed by atoms with Crippen LogP contribution in [0.15, 0.2) is 29.0 Å². The summed E-state index contributed by atoms with van der Waals surface area (Å²) in [5.74, 6) is 1.01. The topological polar surface area (TPSA) is 85.4 Å².